The van der Waals surface area contributed by atoms with E-state index >= 15 is 0 Å². The molecule has 0 aliphatic heterocycles. The Morgan fingerprint density at radius 1 is 1.40 bits per heavy atom. The van der Waals surface area contributed by atoms with Gasteiger partial charge in [-0.15, -0.1) is 11.3 Å². The van der Waals surface area contributed by atoms with Gasteiger partial charge >= 0.3 is 0 Å². The highest BCUT2D eigenvalue weighted by Gasteiger charge is 2.22. The van der Waals surface area contributed by atoms with E-state index in [4.69, 9.17) is 11.6 Å². The number of halogens is 1. The number of aromatic nitrogens is 2. The molecule has 2 heterocycles. The molecule has 1 aliphatic carbocycles. The van der Waals surface area contributed by atoms with Crippen LogP contribution in [0.15, 0.2) is 28.2 Å². The molecule has 0 spiro atoms. The van der Waals surface area contributed by atoms with Crippen molar-refractivity contribution in [1.82, 2.24) is 9.97 Å². The fraction of sp³-hybridized carbons (Fsp3) is 0.316. The summed E-state index contributed by atoms with van der Waals surface area (Å²) < 4.78 is 0. The minimum atomic E-state index is -0.615. The van der Waals surface area contributed by atoms with Crippen LogP contribution in [0.5, 0.6) is 0 Å². The fourth-order valence-corrected chi connectivity index (χ4v) is 5.66. The van der Waals surface area contributed by atoms with E-state index in [9.17, 15) is 19.7 Å². The normalized spacial score (nSPS) is 14.3. The number of aromatic amines is 1. The lowest BCUT2D eigenvalue weighted by Gasteiger charge is -2.12. The minimum Gasteiger partial charge on any atom is -0.324 e. The molecule has 0 saturated carbocycles. The average molecular weight is 465 g/mol. The zero-order valence-electron chi connectivity index (χ0n) is 15.9. The zero-order valence-corrected chi connectivity index (χ0v) is 18.2. The van der Waals surface area contributed by atoms with Crippen molar-refractivity contribution >= 4 is 62.2 Å². The van der Waals surface area contributed by atoms with Gasteiger partial charge in [-0.2, -0.15) is 0 Å². The number of aryl methyl sites for hydroxylation is 2. The number of hydrogen-bond acceptors (Lipinski definition) is 7. The van der Waals surface area contributed by atoms with Gasteiger partial charge in [-0.05, 0) is 44.2 Å². The van der Waals surface area contributed by atoms with Crippen molar-refractivity contribution in [3.63, 3.8) is 0 Å². The number of hydrogen-bond donors (Lipinski definition) is 2. The lowest BCUT2D eigenvalue weighted by atomic mass is 9.97. The maximum atomic E-state index is 12.6. The number of carbonyl (C=O) groups is 1. The number of anilines is 1. The molecule has 0 radical (unpaired) electrons. The molecule has 1 aliphatic rings. The number of H-pyrrole nitrogens is 1. The molecular formula is C19H17ClN4O4S2. The van der Waals surface area contributed by atoms with Crippen molar-refractivity contribution in [3.8, 4) is 0 Å². The van der Waals surface area contributed by atoms with E-state index in [1.807, 2.05) is 0 Å². The summed E-state index contributed by atoms with van der Waals surface area (Å²) in [5.74, 6) is -0.407. The van der Waals surface area contributed by atoms with Crippen LogP contribution in [0.3, 0.4) is 0 Å². The summed E-state index contributed by atoms with van der Waals surface area (Å²) in [5.41, 5.74) is 0.910. The average Bonchev–Trinajstić information content (AvgIpc) is 3.08. The SMILES string of the molecule is CC(Sc1nc2sc3c(c2c(=O)[nH]1)CCCC3)C(=O)Nc1cc([N+](=O)[O-])ccc1Cl. The number of nitro benzene ring substituents is 1. The van der Waals surface area contributed by atoms with Crippen LogP contribution in [0, 0.1) is 10.1 Å². The molecule has 0 bridgehead atoms. The van der Waals surface area contributed by atoms with Gasteiger partial charge in [-0.1, -0.05) is 23.4 Å². The molecule has 1 unspecified atom stereocenters. The molecule has 11 heteroatoms. The summed E-state index contributed by atoms with van der Waals surface area (Å²) in [7, 11) is 0. The van der Waals surface area contributed by atoms with Gasteiger partial charge in [-0.25, -0.2) is 4.98 Å². The molecule has 2 aromatic heterocycles. The van der Waals surface area contributed by atoms with Gasteiger partial charge in [0.1, 0.15) is 4.83 Å². The molecule has 156 valence electrons. The highest BCUT2D eigenvalue weighted by Crippen LogP contribution is 2.34. The third kappa shape index (κ3) is 4.07. The zero-order chi connectivity index (χ0) is 21.4. The maximum Gasteiger partial charge on any atom is 0.271 e. The third-order valence-corrected chi connectivity index (χ3v) is 7.38. The summed E-state index contributed by atoms with van der Waals surface area (Å²) >= 11 is 8.70. The van der Waals surface area contributed by atoms with E-state index < -0.39 is 16.1 Å². The predicted octanol–water partition coefficient (Wildman–Crippen LogP) is 4.54. The number of nitrogens with zero attached hydrogens (tertiary/aromatic N) is 2. The number of carbonyl (C=O) groups excluding carboxylic acids is 1. The van der Waals surface area contributed by atoms with Crippen LogP contribution < -0.4 is 10.9 Å². The van der Waals surface area contributed by atoms with Crippen LogP contribution in [0.2, 0.25) is 5.02 Å². The molecule has 2 N–H and O–H groups in total. The van der Waals surface area contributed by atoms with Crippen LogP contribution in [-0.2, 0) is 17.6 Å². The second-order valence-corrected chi connectivity index (χ2v) is 9.75. The molecule has 0 saturated heterocycles. The van der Waals surface area contributed by atoms with Crippen LogP contribution >= 0.6 is 34.7 Å². The summed E-state index contributed by atoms with van der Waals surface area (Å²) in [6.45, 7) is 1.66. The Labute approximate surface area is 184 Å². The van der Waals surface area contributed by atoms with Gasteiger partial charge in [0.15, 0.2) is 5.16 Å². The van der Waals surface area contributed by atoms with Gasteiger partial charge < -0.3 is 10.3 Å². The van der Waals surface area contributed by atoms with Crippen LogP contribution in [0.25, 0.3) is 10.2 Å². The van der Waals surface area contributed by atoms with E-state index in [1.165, 1.54) is 23.1 Å². The summed E-state index contributed by atoms with van der Waals surface area (Å²) in [6.07, 6.45) is 4.07. The number of benzene rings is 1. The highest BCUT2D eigenvalue weighted by molar-refractivity contribution is 8.00. The van der Waals surface area contributed by atoms with Crippen molar-refractivity contribution in [2.24, 2.45) is 0 Å². The minimum absolute atomic E-state index is 0.158. The molecular weight excluding hydrogens is 448 g/mol. The van der Waals surface area contributed by atoms with E-state index in [-0.39, 0.29) is 22.0 Å². The molecule has 8 nitrogen and oxygen atoms in total. The van der Waals surface area contributed by atoms with Crippen molar-refractivity contribution < 1.29 is 9.72 Å². The molecule has 1 aromatic carbocycles. The Morgan fingerprint density at radius 2 is 2.17 bits per heavy atom. The molecule has 4 rings (SSSR count). The molecule has 1 amide bonds. The Balaban J connectivity index is 1.54. The number of rotatable bonds is 5. The van der Waals surface area contributed by atoms with Gasteiger partial charge in [0, 0.05) is 17.0 Å². The van der Waals surface area contributed by atoms with Crippen molar-refractivity contribution in [2.75, 3.05) is 5.32 Å². The van der Waals surface area contributed by atoms with E-state index in [0.29, 0.717) is 15.4 Å². The predicted molar refractivity (Wildman–Crippen MR) is 119 cm³/mol. The first kappa shape index (κ1) is 20.8. The maximum absolute atomic E-state index is 12.6. The second kappa shape index (κ2) is 8.37. The van der Waals surface area contributed by atoms with Crippen molar-refractivity contribution in [3.05, 3.63) is 54.1 Å². The number of fused-ring (bicyclic) bond motifs is 3. The number of amides is 1. The molecule has 1 atom stereocenters. The summed E-state index contributed by atoms with van der Waals surface area (Å²) in [5, 5.41) is 14.2. The molecule has 0 fully saturated rings. The molecule has 30 heavy (non-hydrogen) atoms. The van der Waals surface area contributed by atoms with Crippen LogP contribution in [0.4, 0.5) is 11.4 Å². The summed E-state index contributed by atoms with van der Waals surface area (Å²) in [6, 6.07) is 3.83. The Hall–Kier alpha value is -2.43. The second-order valence-electron chi connectivity index (χ2n) is 6.93. The topological polar surface area (TPSA) is 118 Å². The van der Waals surface area contributed by atoms with Gasteiger partial charge in [-0.3, -0.25) is 19.7 Å². The first-order chi connectivity index (χ1) is 14.3. The fourth-order valence-electron chi connectivity index (χ4n) is 3.38. The van der Waals surface area contributed by atoms with E-state index in [1.54, 1.807) is 18.3 Å². The van der Waals surface area contributed by atoms with Crippen LogP contribution in [0.1, 0.15) is 30.2 Å². The lowest BCUT2D eigenvalue weighted by molar-refractivity contribution is -0.384. The van der Waals surface area contributed by atoms with Crippen molar-refractivity contribution in [2.45, 2.75) is 43.0 Å². The van der Waals surface area contributed by atoms with Gasteiger partial charge in [0.2, 0.25) is 5.91 Å². The van der Waals surface area contributed by atoms with Crippen molar-refractivity contribution in [1.29, 1.82) is 0 Å². The third-order valence-electron chi connectivity index (χ3n) is 4.88. The van der Waals surface area contributed by atoms with E-state index in [0.717, 1.165) is 43.0 Å². The Morgan fingerprint density at radius 3 is 2.93 bits per heavy atom. The smallest absolute Gasteiger partial charge is 0.271 e. The Kier molecular flexibility index (Phi) is 5.81. The summed E-state index contributed by atoms with van der Waals surface area (Å²) in [4.78, 5) is 44.9. The largest absolute Gasteiger partial charge is 0.324 e. The number of non-ortho nitro benzene ring substituents is 1. The van der Waals surface area contributed by atoms with Gasteiger partial charge in [0.05, 0.1) is 26.3 Å². The standard InChI is InChI=1S/C19H17ClN4O4S2/c1-9(16(25)21-13-8-10(24(27)28)6-7-12(13)20)29-19-22-17(26)15-11-4-2-3-5-14(11)30-18(15)23-19/h6-9H,2-5H2,1H3,(H,21,25)(H,22,23,26). The quantitative estimate of drug-likeness (QED) is 0.247. The number of nitrogens with one attached hydrogen (secondary N) is 2. The van der Waals surface area contributed by atoms with E-state index in [2.05, 4.69) is 15.3 Å². The first-order valence-electron chi connectivity index (χ1n) is 9.29. The highest BCUT2D eigenvalue weighted by atomic mass is 35.5. The number of nitro groups is 1. The Bertz CT molecular complexity index is 1220. The lowest BCUT2D eigenvalue weighted by Crippen LogP contribution is -2.23. The molecule has 3 aromatic rings. The van der Waals surface area contributed by atoms with Gasteiger partial charge in [0.25, 0.3) is 11.2 Å². The van der Waals surface area contributed by atoms with Crippen LogP contribution in [-0.4, -0.2) is 26.0 Å². The first-order valence-corrected chi connectivity index (χ1v) is 11.4. The monoisotopic (exact) mass is 464 g/mol. The number of thiophene rings is 1. The number of thioether (sulfide) groups is 1.